The third-order valence-electron chi connectivity index (χ3n) is 4.41. The van der Waals surface area contributed by atoms with Crippen molar-refractivity contribution < 1.29 is 51.0 Å². The Hall–Kier alpha value is 0.423. The Labute approximate surface area is 188 Å². The van der Waals surface area contributed by atoms with Gasteiger partial charge in [-0.05, 0) is 0 Å². The first-order valence-electron chi connectivity index (χ1n) is 9.34. The van der Waals surface area contributed by atoms with Gasteiger partial charge in [0, 0.05) is 0 Å². The van der Waals surface area contributed by atoms with E-state index in [1.807, 2.05) is 0 Å². The van der Waals surface area contributed by atoms with E-state index in [1.54, 1.807) is 11.1 Å². The van der Waals surface area contributed by atoms with Gasteiger partial charge in [-0.2, -0.15) is 23.3 Å². The van der Waals surface area contributed by atoms with Crippen molar-refractivity contribution in [1.82, 2.24) is 0 Å². The molecule has 0 atom stereocenters. The van der Waals surface area contributed by atoms with Crippen LogP contribution in [0.2, 0.25) is 0 Å². The van der Waals surface area contributed by atoms with E-state index in [-0.39, 0.29) is 51.0 Å². The molecule has 3 heteroatoms. The van der Waals surface area contributed by atoms with E-state index in [2.05, 4.69) is 52.0 Å². The van der Waals surface area contributed by atoms with Crippen LogP contribution in [0.5, 0.6) is 0 Å². The van der Waals surface area contributed by atoms with Gasteiger partial charge in [0.05, 0.1) is 0 Å². The molecule has 0 bridgehead atoms. The van der Waals surface area contributed by atoms with Crippen LogP contribution in [0, 0.1) is 12.2 Å². The predicted octanol–water partition coefficient (Wildman–Crippen LogP) is 1.30. The molecule has 0 amide bonds. The SMILES string of the molecule is CCCCC1=CC[C-]=C1CC.CCCCC1=CC[C-]=C1CC.[Cl-].[Cl-].[Zr+4]. The Balaban J connectivity index is -0.000000346. The van der Waals surface area contributed by atoms with E-state index in [0.717, 1.165) is 25.7 Å². The molecule has 0 radical (unpaired) electrons. The van der Waals surface area contributed by atoms with E-state index in [0.29, 0.717) is 0 Å². The Bertz CT molecular complexity index is 403. The molecular formula is C22H34Cl2Zr. The second kappa shape index (κ2) is 19.2. The first-order valence-corrected chi connectivity index (χ1v) is 9.34. The Morgan fingerprint density at radius 3 is 1.36 bits per heavy atom. The summed E-state index contributed by atoms with van der Waals surface area (Å²) in [5.41, 5.74) is 6.07. The summed E-state index contributed by atoms with van der Waals surface area (Å²) in [4.78, 5) is 0. The van der Waals surface area contributed by atoms with Crippen molar-refractivity contribution in [3.63, 3.8) is 0 Å². The molecule has 0 aromatic heterocycles. The number of hydrogen-bond acceptors (Lipinski definition) is 0. The number of hydrogen-bond donors (Lipinski definition) is 0. The zero-order valence-corrected chi connectivity index (χ0v) is 20.5. The van der Waals surface area contributed by atoms with Gasteiger partial charge in [-0.25, -0.2) is 11.1 Å². The predicted molar refractivity (Wildman–Crippen MR) is 98.5 cm³/mol. The molecular weight excluding hydrogens is 426 g/mol. The van der Waals surface area contributed by atoms with Gasteiger partial charge in [0.25, 0.3) is 0 Å². The molecule has 0 unspecified atom stereocenters. The van der Waals surface area contributed by atoms with Crippen molar-refractivity contribution in [3.05, 3.63) is 46.6 Å². The van der Waals surface area contributed by atoms with Crippen LogP contribution in [-0.2, 0) is 26.2 Å². The average molecular weight is 461 g/mol. The molecule has 2 rings (SSSR count). The second-order valence-corrected chi connectivity index (χ2v) is 6.09. The molecule has 0 saturated carbocycles. The first kappa shape index (κ1) is 30.2. The van der Waals surface area contributed by atoms with Crippen LogP contribution in [-0.4, -0.2) is 0 Å². The van der Waals surface area contributed by atoms with Gasteiger partial charge in [0.1, 0.15) is 0 Å². The van der Waals surface area contributed by atoms with E-state index < -0.39 is 0 Å². The normalized spacial score (nSPS) is 14.6. The molecule has 0 spiro atoms. The minimum atomic E-state index is 0. The van der Waals surface area contributed by atoms with Gasteiger partial charge in [-0.15, -0.1) is 12.8 Å². The molecule has 2 aliphatic rings. The molecule has 140 valence electrons. The van der Waals surface area contributed by atoms with Gasteiger partial charge >= 0.3 is 26.2 Å². The van der Waals surface area contributed by atoms with Crippen LogP contribution in [0.1, 0.15) is 91.9 Å². The van der Waals surface area contributed by atoms with Crippen LogP contribution in [0.15, 0.2) is 34.4 Å². The maximum Gasteiger partial charge on any atom is 4.00 e. The summed E-state index contributed by atoms with van der Waals surface area (Å²) in [6, 6.07) is 0. The first-order chi connectivity index (χ1) is 10.8. The van der Waals surface area contributed by atoms with Gasteiger partial charge in [-0.3, -0.25) is 12.2 Å². The van der Waals surface area contributed by atoms with Crippen LogP contribution in [0.25, 0.3) is 0 Å². The minimum absolute atomic E-state index is 0. The topological polar surface area (TPSA) is 0 Å². The van der Waals surface area contributed by atoms with E-state index in [9.17, 15) is 0 Å². The van der Waals surface area contributed by atoms with Crippen molar-refractivity contribution in [3.8, 4) is 0 Å². The summed E-state index contributed by atoms with van der Waals surface area (Å²) in [5.74, 6) is 0. The summed E-state index contributed by atoms with van der Waals surface area (Å²) in [5, 5.41) is 0. The molecule has 0 heterocycles. The largest absolute Gasteiger partial charge is 4.00 e. The van der Waals surface area contributed by atoms with Crippen molar-refractivity contribution in [1.29, 1.82) is 0 Å². The Kier molecular flexibility index (Phi) is 23.2. The fraction of sp³-hybridized carbons (Fsp3) is 0.636. The maximum atomic E-state index is 3.39. The van der Waals surface area contributed by atoms with Gasteiger partial charge in [0.2, 0.25) is 0 Å². The summed E-state index contributed by atoms with van der Waals surface area (Å²) in [6.07, 6.45) is 23.7. The summed E-state index contributed by atoms with van der Waals surface area (Å²) in [7, 11) is 0. The number of halogens is 2. The second-order valence-electron chi connectivity index (χ2n) is 6.09. The third kappa shape index (κ3) is 11.7. The molecule has 0 fully saturated rings. The molecule has 0 saturated heterocycles. The molecule has 0 aliphatic heterocycles. The summed E-state index contributed by atoms with van der Waals surface area (Å²) >= 11 is 0. The van der Waals surface area contributed by atoms with Crippen LogP contribution in [0.4, 0.5) is 0 Å². The summed E-state index contributed by atoms with van der Waals surface area (Å²) in [6.45, 7) is 8.92. The smallest absolute Gasteiger partial charge is 1.00 e. The van der Waals surface area contributed by atoms with Gasteiger partial charge in [0.15, 0.2) is 0 Å². The van der Waals surface area contributed by atoms with Gasteiger partial charge in [-0.1, -0.05) is 79.1 Å². The zero-order valence-electron chi connectivity index (χ0n) is 16.5. The maximum absolute atomic E-state index is 3.39. The van der Waals surface area contributed by atoms with Crippen molar-refractivity contribution in [2.45, 2.75) is 91.9 Å². The van der Waals surface area contributed by atoms with Crippen LogP contribution >= 0.6 is 0 Å². The number of unbranched alkanes of at least 4 members (excludes halogenated alkanes) is 2. The number of allylic oxidation sites excluding steroid dienone is 8. The van der Waals surface area contributed by atoms with E-state index in [4.69, 9.17) is 0 Å². The van der Waals surface area contributed by atoms with E-state index >= 15 is 0 Å². The summed E-state index contributed by atoms with van der Waals surface area (Å²) < 4.78 is 0. The fourth-order valence-electron chi connectivity index (χ4n) is 3.01. The van der Waals surface area contributed by atoms with Crippen molar-refractivity contribution in [2.75, 3.05) is 0 Å². The number of rotatable bonds is 8. The molecule has 0 nitrogen and oxygen atoms in total. The Morgan fingerprint density at radius 1 is 0.720 bits per heavy atom. The molecule has 2 aliphatic carbocycles. The fourth-order valence-corrected chi connectivity index (χ4v) is 3.01. The molecule has 0 aromatic carbocycles. The molecule has 0 N–H and O–H groups in total. The van der Waals surface area contributed by atoms with Crippen molar-refractivity contribution >= 4 is 0 Å². The monoisotopic (exact) mass is 458 g/mol. The van der Waals surface area contributed by atoms with Crippen LogP contribution in [0.3, 0.4) is 0 Å². The standard InChI is InChI=1S/2C11H17.2ClH.Zr/c2*1-3-5-7-11-9-6-8-10(11)4-2;;;/h2*9H,3-7H2,1-2H3;2*1H;/q2*-1;;;+4/p-2. The van der Waals surface area contributed by atoms with Crippen molar-refractivity contribution in [2.24, 2.45) is 0 Å². The quantitative estimate of drug-likeness (QED) is 0.479. The third-order valence-corrected chi connectivity index (χ3v) is 4.41. The molecule has 0 aromatic rings. The Morgan fingerprint density at radius 2 is 1.08 bits per heavy atom. The zero-order chi connectivity index (χ0) is 16.2. The minimum Gasteiger partial charge on any atom is -1.00 e. The molecule has 25 heavy (non-hydrogen) atoms. The van der Waals surface area contributed by atoms with E-state index in [1.165, 1.54) is 49.7 Å². The average Bonchev–Trinajstić information content (AvgIpc) is 3.19. The van der Waals surface area contributed by atoms with Gasteiger partial charge < -0.3 is 24.8 Å². The van der Waals surface area contributed by atoms with Crippen LogP contribution < -0.4 is 24.8 Å².